The van der Waals surface area contributed by atoms with Gasteiger partial charge in [0.2, 0.25) is 15.9 Å². The molecule has 1 amide bonds. The molecule has 2 rings (SSSR count). The maximum absolute atomic E-state index is 12.8. The van der Waals surface area contributed by atoms with Crippen molar-refractivity contribution in [3.05, 3.63) is 23.8 Å². The van der Waals surface area contributed by atoms with Crippen molar-refractivity contribution < 1.29 is 17.9 Å². The number of rotatable bonds is 9. The van der Waals surface area contributed by atoms with Crippen LogP contribution >= 0.6 is 0 Å². The summed E-state index contributed by atoms with van der Waals surface area (Å²) in [5.41, 5.74) is 0.743. The first-order chi connectivity index (χ1) is 12.4. The van der Waals surface area contributed by atoms with E-state index >= 15 is 0 Å². The van der Waals surface area contributed by atoms with E-state index in [1.807, 2.05) is 13.8 Å². The van der Waals surface area contributed by atoms with Crippen LogP contribution in [0.4, 0.5) is 0 Å². The number of methoxy groups -OCH3 is 1. The van der Waals surface area contributed by atoms with E-state index in [2.05, 4.69) is 5.32 Å². The third-order valence-corrected chi connectivity index (χ3v) is 6.82. The summed E-state index contributed by atoms with van der Waals surface area (Å²) in [6.45, 7) is 5.23. The van der Waals surface area contributed by atoms with Crippen LogP contribution in [-0.4, -0.2) is 44.9 Å². The van der Waals surface area contributed by atoms with E-state index in [0.29, 0.717) is 31.7 Å². The normalized spacial score (nSPS) is 15.4. The first-order valence-electron chi connectivity index (χ1n) is 9.38. The molecule has 0 bridgehead atoms. The SMILES string of the molecule is CCC(CC)NC(=O)CCc1cc(S(=O)(=O)N2CCCC2)ccc1OC. The Morgan fingerprint density at radius 2 is 1.88 bits per heavy atom. The first kappa shape index (κ1) is 20.7. The van der Waals surface area contributed by atoms with Crippen LogP contribution in [-0.2, 0) is 21.2 Å². The molecule has 1 saturated heterocycles. The summed E-state index contributed by atoms with van der Waals surface area (Å²) in [7, 11) is -1.92. The number of hydrogen-bond acceptors (Lipinski definition) is 4. The summed E-state index contributed by atoms with van der Waals surface area (Å²) in [5, 5.41) is 3.01. The lowest BCUT2D eigenvalue weighted by Gasteiger charge is -2.18. The summed E-state index contributed by atoms with van der Waals surface area (Å²) in [6.07, 6.45) is 4.35. The molecule has 0 saturated carbocycles. The smallest absolute Gasteiger partial charge is 0.243 e. The highest BCUT2D eigenvalue weighted by Gasteiger charge is 2.27. The standard InChI is InChI=1S/C19H30N2O4S/c1-4-16(5-2)20-19(22)11-8-15-14-17(9-10-18(15)25-3)26(23,24)21-12-6-7-13-21/h9-10,14,16H,4-8,11-13H2,1-3H3,(H,20,22). The van der Waals surface area contributed by atoms with Crippen molar-refractivity contribution in [3.63, 3.8) is 0 Å². The van der Waals surface area contributed by atoms with Gasteiger partial charge in [0.25, 0.3) is 0 Å². The van der Waals surface area contributed by atoms with Crippen LogP contribution in [0.15, 0.2) is 23.1 Å². The number of benzene rings is 1. The van der Waals surface area contributed by atoms with Gasteiger partial charge in [-0.3, -0.25) is 4.79 Å². The second kappa shape index (κ2) is 9.37. The Hall–Kier alpha value is -1.60. The number of sulfonamides is 1. The molecule has 1 N–H and O–H groups in total. The van der Waals surface area contributed by atoms with Gasteiger partial charge in [0.1, 0.15) is 5.75 Å². The minimum absolute atomic E-state index is 0.0199. The van der Waals surface area contributed by atoms with E-state index < -0.39 is 10.0 Å². The Bertz CT molecular complexity index is 708. The lowest BCUT2D eigenvalue weighted by Crippen LogP contribution is -2.33. The molecule has 1 aliphatic heterocycles. The maximum atomic E-state index is 12.8. The predicted molar refractivity (Wildman–Crippen MR) is 102 cm³/mol. The largest absolute Gasteiger partial charge is 0.496 e. The molecule has 0 unspecified atom stereocenters. The van der Waals surface area contributed by atoms with E-state index in [-0.39, 0.29) is 16.8 Å². The van der Waals surface area contributed by atoms with Crippen LogP contribution in [0.3, 0.4) is 0 Å². The zero-order chi connectivity index (χ0) is 19.2. The molecule has 146 valence electrons. The Kier molecular flexibility index (Phi) is 7.46. The Labute approximate surface area is 157 Å². The van der Waals surface area contributed by atoms with Gasteiger partial charge in [-0.2, -0.15) is 4.31 Å². The van der Waals surface area contributed by atoms with E-state index in [1.54, 1.807) is 25.3 Å². The molecular weight excluding hydrogens is 352 g/mol. The second-order valence-corrected chi connectivity index (χ2v) is 8.60. The Balaban J connectivity index is 2.13. The lowest BCUT2D eigenvalue weighted by atomic mass is 10.1. The van der Waals surface area contributed by atoms with E-state index in [1.165, 1.54) is 4.31 Å². The molecule has 1 heterocycles. The number of aryl methyl sites for hydroxylation is 1. The first-order valence-corrected chi connectivity index (χ1v) is 10.8. The second-order valence-electron chi connectivity index (χ2n) is 6.67. The number of carbonyl (C=O) groups excluding carboxylic acids is 1. The molecule has 1 aliphatic rings. The molecule has 7 heteroatoms. The monoisotopic (exact) mass is 382 g/mol. The van der Waals surface area contributed by atoms with Gasteiger partial charge in [-0.25, -0.2) is 8.42 Å². The van der Waals surface area contributed by atoms with Crippen LogP contribution in [0.2, 0.25) is 0 Å². The molecule has 1 aromatic rings. The van der Waals surface area contributed by atoms with Gasteiger partial charge in [-0.05, 0) is 55.9 Å². The Morgan fingerprint density at radius 3 is 2.46 bits per heavy atom. The van der Waals surface area contributed by atoms with Gasteiger partial charge in [-0.15, -0.1) is 0 Å². The number of hydrogen-bond donors (Lipinski definition) is 1. The molecule has 0 spiro atoms. The van der Waals surface area contributed by atoms with Crippen LogP contribution in [0.25, 0.3) is 0 Å². The minimum Gasteiger partial charge on any atom is -0.496 e. The summed E-state index contributed by atoms with van der Waals surface area (Å²) in [6, 6.07) is 5.10. The van der Waals surface area contributed by atoms with Gasteiger partial charge < -0.3 is 10.1 Å². The highest BCUT2D eigenvalue weighted by Crippen LogP contribution is 2.27. The van der Waals surface area contributed by atoms with Gasteiger partial charge in [0.05, 0.1) is 12.0 Å². The number of ether oxygens (including phenoxy) is 1. The number of nitrogens with one attached hydrogen (secondary N) is 1. The van der Waals surface area contributed by atoms with Crippen molar-refractivity contribution in [1.29, 1.82) is 0 Å². The molecular formula is C19H30N2O4S. The van der Waals surface area contributed by atoms with Crippen LogP contribution < -0.4 is 10.1 Å². The lowest BCUT2D eigenvalue weighted by molar-refractivity contribution is -0.121. The number of nitrogens with zero attached hydrogens (tertiary/aromatic N) is 1. The van der Waals surface area contributed by atoms with E-state index in [9.17, 15) is 13.2 Å². The maximum Gasteiger partial charge on any atom is 0.243 e. The molecule has 0 aliphatic carbocycles. The highest BCUT2D eigenvalue weighted by atomic mass is 32.2. The fourth-order valence-electron chi connectivity index (χ4n) is 3.23. The fraction of sp³-hybridized carbons (Fsp3) is 0.632. The van der Waals surface area contributed by atoms with E-state index in [4.69, 9.17) is 4.74 Å². The fourth-order valence-corrected chi connectivity index (χ4v) is 4.80. The summed E-state index contributed by atoms with van der Waals surface area (Å²) in [5.74, 6) is 0.592. The summed E-state index contributed by atoms with van der Waals surface area (Å²) in [4.78, 5) is 12.4. The van der Waals surface area contributed by atoms with Crippen molar-refractivity contribution in [2.24, 2.45) is 0 Å². The average molecular weight is 383 g/mol. The van der Waals surface area contributed by atoms with Crippen LogP contribution in [0.1, 0.15) is 51.5 Å². The van der Waals surface area contributed by atoms with Crippen molar-refractivity contribution in [2.45, 2.75) is 63.3 Å². The average Bonchev–Trinajstić information content (AvgIpc) is 3.19. The predicted octanol–water partition coefficient (Wildman–Crippen LogP) is 2.72. The van der Waals surface area contributed by atoms with Crippen molar-refractivity contribution in [3.8, 4) is 5.75 Å². The highest BCUT2D eigenvalue weighted by molar-refractivity contribution is 7.89. The zero-order valence-corrected chi connectivity index (χ0v) is 16.8. The van der Waals surface area contributed by atoms with E-state index in [0.717, 1.165) is 31.2 Å². The third kappa shape index (κ3) is 4.98. The van der Waals surface area contributed by atoms with Gasteiger partial charge >= 0.3 is 0 Å². The van der Waals surface area contributed by atoms with Crippen molar-refractivity contribution in [2.75, 3.05) is 20.2 Å². The molecule has 0 aromatic heterocycles. The number of carbonyl (C=O) groups is 1. The Morgan fingerprint density at radius 1 is 1.23 bits per heavy atom. The minimum atomic E-state index is -3.47. The molecule has 0 atom stereocenters. The third-order valence-electron chi connectivity index (χ3n) is 4.93. The number of amides is 1. The molecule has 1 aromatic carbocycles. The van der Waals surface area contributed by atoms with Crippen LogP contribution in [0, 0.1) is 0 Å². The quantitative estimate of drug-likeness (QED) is 0.712. The van der Waals surface area contributed by atoms with Gasteiger partial charge in [0.15, 0.2) is 0 Å². The zero-order valence-electron chi connectivity index (χ0n) is 16.0. The van der Waals surface area contributed by atoms with Gasteiger partial charge in [0, 0.05) is 25.6 Å². The summed E-state index contributed by atoms with van der Waals surface area (Å²) < 4.78 is 32.4. The van der Waals surface area contributed by atoms with Crippen LogP contribution in [0.5, 0.6) is 5.75 Å². The van der Waals surface area contributed by atoms with Gasteiger partial charge in [-0.1, -0.05) is 13.8 Å². The molecule has 1 fully saturated rings. The summed E-state index contributed by atoms with van der Waals surface area (Å²) >= 11 is 0. The molecule has 26 heavy (non-hydrogen) atoms. The topological polar surface area (TPSA) is 75.7 Å². The van der Waals surface area contributed by atoms with Crippen molar-refractivity contribution in [1.82, 2.24) is 9.62 Å². The van der Waals surface area contributed by atoms with Crippen molar-refractivity contribution >= 4 is 15.9 Å². The molecule has 0 radical (unpaired) electrons. The molecule has 6 nitrogen and oxygen atoms in total.